The molecule has 3 N–H and O–H groups in total. The molecule has 2 saturated heterocycles. The van der Waals surface area contributed by atoms with Gasteiger partial charge in [-0.25, -0.2) is 0 Å². The molecule has 3 aromatic rings. The molecule has 43 heavy (non-hydrogen) atoms. The number of aromatic hydroxyl groups is 1. The van der Waals surface area contributed by atoms with Gasteiger partial charge >= 0.3 is 7.12 Å². The predicted molar refractivity (Wildman–Crippen MR) is 165 cm³/mol. The summed E-state index contributed by atoms with van der Waals surface area (Å²) in [7, 11) is -1.69. The second-order valence-corrected chi connectivity index (χ2v) is 11.9. The number of rotatable bonds is 7. The summed E-state index contributed by atoms with van der Waals surface area (Å²) in [6.45, 7) is 6.20. The number of aromatic nitrogens is 1. The first-order valence-electron chi connectivity index (χ1n) is 14.7. The van der Waals surface area contributed by atoms with E-state index in [9.17, 15) is 24.7 Å². The van der Waals surface area contributed by atoms with Gasteiger partial charge in [0.15, 0.2) is 0 Å². The summed E-state index contributed by atoms with van der Waals surface area (Å²) in [6.07, 6.45) is 5.59. The fourth-order valence-electron chi connectivity index (χ4n) is 7.10. The zero-order valence-electron chi connectivity index (χ0n) is 24.5. The van der Waals surface area contributed by atoms with Crippen LogP contribution in [-0.2, 0) is 14.3 Å². The molecule has 0 radical (unpaired) electrons. The van der Waals surface area contributed by atoms with E-state index in [1.807, 2.05) is 51.1 Å². The highest BCUT2D eigenvalue weighted by Crippen LogP contribution is 2.50. The monoisotopic (exact) mass is 578 g/mol. The van der Waals surface area contributed by atoms with Crippen molar-refractivity contribution in [3.8, 4) is 5.75 Å². The summed E-state index contributed by atoms with van der Waals surface area (Å²) >= 11 is 0. The lowest BCUT2D eigenvalue weighted by molar-refractivity contribution is -0.122. The number of imide groups is 1. The number of aryl methyl sites for hydroxylation is 2. The zero-order chi connectivity index (χ0) is 30.4. The van der Waals surface area contributed by atoms with Crippen molar-refractivity contribution < 1.29 is 29.5 Å². The molecule has 8 nitrogen and oxygen atoms in total. The van der Waals surface area contributed by atoms with Crippen molar-refractivity contribution in [3.05, 3.63) is 94.3 Å². The number of pyridine rings is 1. The minimum atomic E-state index is -1.69. The van der Waals surface area contributed by atoms with Crippen LogP contribution in [0.25, 0.3) is 11.6 Å². The maximum atomic E-state index is 13.8. The molecular formula is C34H35BN2O6. The number of benzene rings is 2. The van der Waals surface area contributed by atoms with Gasteiger partial charge < -0.3 is 19.9 Å². The number of phenols is 1. The van der Waals surface area contributed by atoms with Crippen molar-refractivity contribution in [1.29, 1.82) is 0 Å². The number of allylic oxidation sites excluding steroid dienone is 2. The van der Waals surface area contributed by atoms with Crippen molar-refractivity contribution in [1.82, 2.24) is 4.98 Å². The number of phenolic OH excluding ortho intramolecular Hbond substituents is 1. The molecule has 0 spiro atoms. The van der Waals surface area contributed by atoms with E-state index in [0.717, 1.165) is 39.1 Å². The number of carbonyl (C=O) groups excluding carboxylic acids is 2. The highest BCUT2D eigenvalue weighted by atomic mass is 16.5. The first-order chi connectivity index (χ1) is 20.6. The Labute approximate surface area is 251 Å². The molecule has 2 aliphatic heterocycles. The largest absolute Gasteiger partial charge is 0.507 e. The van der Waals surface area contributed by atoms with E-state index in [4.69, 9.17) is 4.74 Å². The molecule has 3 aliphatic rings. The summed E-state index contributed by atoms with van der Waals surface area (Å²) in [5.41, 5.74) is 7.35. The van der Waals surface area contributed by atoms with Crippen LogP contribution < -0.4 is 10.4 Å². The number of nitrogens with zero attached hydrogens (tertiary/aromatic N) is 2. The number of hydrogen-bond acceptors (Lipinski definition) is 7. The Morgan fingerprint density at radius 3 is 2.49 bits per heavy atom. The highest BCUT2D eigenvalue weighted by Gasteiger charge is 2.56. The van der Waals surface area contributed by atoms with E-state index in [2.05, 4.69) is 11.1 Å². The van der Waals surface area contributed by atoms with Gasteiger partial charge in [0.25, 0.3) is 0 Å². The number of carbonyl (C=O) groups is 2. The summed E-state index contributed by atoms with van der Waals surface area (Å²) in [5.74, 6) is -1.35. The van der Waals surface area contributed by atoms with Crippen LogP contribution in [0.15, 0.2) is 71.9 Å². The fourth-order valence-corrected chi connectivity index (χ4v) is 7.10. The van der Waals surface area contributed by atoms with Crippen LogP contribution in [0.2, 0.25) is 0 Å². The van der Waals surface area contributed by atoms with Gasteiger partial charge in [0.1, 0.15) is 5.75 Å². The number of ether oxygens (including phenoxy) is 1. The van der Waals surface area contributed by atoms with Crippen LogP contribution in [0.4, 0.5) is 5.69 Å². The SMILES string of the molecule is CC1=C2[C@@H](CC/C(=C/c3cc(C)c(O)c(C)c3)c3ccccn3)OC[C@@H]2[C@@H]2C(=O)N(c3cccc(B(O)O)c3)C(=O)[C@@H]2C1. The predicted octanol–water partition coefficient (Wildman–Crippen LogP) is 3.95. The first-order valence-corrected chi connectivity index (χ1v) is 14.7. The summed E-state index contributed by atoms with van der Waals surface area (Å²) < 4.78 is 6.36. The maximum absolute atomic E-state index is 13.8. The van der Waals surface area contributed by atoms with Crippen LogP contribution >= 0.6 is 0 Å². The van der Waals surface area contributed by atoms with Crippen LogP contribution in [0.1, 0.15) is 48.6 Å². The van der Waals surface area contributed by atoms with Crippen molar-refractivity contribution in [2.45, 2.75) is 46.1 Å². The molecule has 9 heteroatoms. The van der Waals surface area contributed by atoms with Gasteiger partial charge in [0.05, 0.1) is 35.9 Å². The van der Waals surface area contributed by atoms with Gasteiger partial charge in [-0.1, -0.05) is 23.8 Å². The van der Waals surface area contributed by atoms with Crippen molar-refractivity contribution in [2.75, 3.05) is 11.5 Å². The highest BCUT2D eigenvalue weighted by molar-refractivity contribution is 6.58. The van der Waals surface area contributed by atoms with Gasteiger partial charge in [0, 0.05) is 12.1 Å². The van der Waals surface area contributed by atoms with Gasteiger partial charge in [-0.2, -0.15) is 0 Å². The zero-order valence-corrected chi connectivity index (χ0v) is 24.5. The third kappa shape index (κ3) is 5.33. The van der Waals surface area contributed by atoms with Crippen molar-refractivity contribution in [2.24, 2.45) is 17.8 Å². The van der Waals surface area contributed by atoms with Crippen LogP contribution in [0.3, 0.4) is 0 Å². The van der Waals surface area contributed by atoms with Gasteiger partial charge in [-0.05, 0) is 116 Å². The van der Waals surface area contributed by atoms with E-state index in [-0.39, 0.29) is 29.3 Å². The van der Waals surface area contributed by atoms with Gasteiger partial charge in [-0.15, -0.1) is 0 Å². The average Bonchev–Trinajstić information content (AvgIpc) is 3.52. The second kappa shape index (κ2) is 11.6. The summed E-state index contributed by atoms with van der Waals surface area (Å²) in [5, 5.41) is 29.5. The molecule has 2 amide bonds. The topological polar surface area (TPSA) is 120 Å². The number of anilines is 1. The molecule has 6 rings (SSSR count). The van der Waals surface area contributed by atoms with E-state index in [1.165, 1.54) is 11.0 Å². The smallest absolute Gasteiger partial charge is 0.488 e. The molecule has 0 unspecified atom stereocenters. The Kier molecular flexibility index (Phi) is 7.81. The minimum Gasteiger partial charge on any atom is -0.507 e. The minimum absolute atomic E-state index is 0.175. The third-order valence-corrected chi connectivity index (χ3v) is 9.10. The fraction of sp³-hybridized carbons (Fsp3) is 0.324. The number of amides is 2. The molecule has 1 aromatic heterocycles. The van der Waals surface area contributed by atoms with Crippen LogP contribution in [0, 0.1) is 31.6 Å². The molecular weight excluding hydrogens is 543 g/mol. The van der Waals surface area contributed by atoms with E-state index in [1.54, 1.807) is 24.4 Å². The number of hydrogen-bond donors (Lipinski definition) is 3. The Balaban J connectivity index is 1.25. The molecule has 2 aromatic carbocycles. The van der Waals surface area contributed by atoms with Gasteiger partial charge in [0.2, 0.25) is 11.8 Å². The van der Waals surface area contributed by atoms with E-state index in [0.29, 0.717) is 37.3 Å². The van der Waals surface area contributed by atoms with E-state index < -0.39 is 19.0 Å². The van der Waals surface area contributed by atoms with E-state index >= 15 is 0 Å². The molecule has 0 saturated carbocycles. The Hall–Kier alpha value is -4.05. The van der Waals surface area contributed by atoms with Crippen LogP contribution in [0.5, 0.6) is 5.75 Å². The molecule has 0 bridgehead atoms. The lowest BCUT2D eigenvalue weighted by Gasteiger charge is -2.30. The van der Waals surface area contributed by atoms with Crippen molar-refractivity contribution >= 4 is 41.7 Å². The second-order valence-electron chi connectivity index (χ2n) is 11.9. The molecule has 220 valence electrons. The average molecular weight is 578 g/mol. The van der Waals surface area contributed by atoms with Crippen LogP contribution in [-0.4, -0.2) is 51.8 Å². The quantitative estimate of drug-likeness (QED) is 0.221. The lowest BCUT2D eigenvalue weighted by atomic mass is 9.70. The lowest BCUT2D eigenvalue weighted by Crippen LogP contribution is -2.35. The Bertz CT molecular complexity index is 1630. The molecule has 4 atom stereocenters. The van der Waals surface area contributed by atoms with Gasteiger partial charge in [-0.3, -0.25) is 19.5 Å². The number of fused-ring (bicyclic) bond motifs is 3. The Morgan fingerprint density at radius 1 is 1.02 bits per heavy atom. The Morgan fingerprint density at radius 2 is 1.79 bits per heavy atom. The normalized spacial score (nSPS) is 23.6. The first kappa shape index (κ1) is 29.0. The summed E-state index contributed by atoms with van der Waals surface area (Å²) in [6, 6.07) is 16.1. The third-order valence-electron chi connectivity index (χ3n) is 9.10. The maximum Gasteiger partial charge on any atom is 0.488 e. The standard InChI is InChI=1S/C34H35BN2O6/c1-19-15-26-31(34(40)37(33(26)39)25-8-6-7-24(17-25)35(41)42)27-18-43-29(30(19)27)11-10-23(28-9-4-5-12-36-28)16-22-13-20(2)32(38)21(3)14-22/h4-9,12-14,16-17,26-27,29,31,38,41-42H,10-11,15,18H2,1-3H3/b23-16-/t26-,27+,29-,31-/m1/s1. The molecule has 2 fully saturated rings. The molecule has 3 heterocycles. The summed E-state index contributed by atoms with van der Waals surface area (Å²) in [4.78, 5) is 33.2. The molecule has 1 aliphatic carbocycles. The van der Waals surface area contributed by atoms with Crippen molar-refractivity contribution in [3.63, 3.8) is 0 Å².